The van der Waals surface area contributed by atoms with Crippen molar-refractivity contribution in [1.29, 1.82) is 0 Å². The van der Waals surface area contributed by atoms with Gasteiger partial charge < -0.3 is 19.1 Å². The Morgan fingerprint density at radius 2 is 0.901 bits per heavy atom. The highest BCUT2D eigenvalue weighted by Gasteiger charge is 2.42. The normalized spacial score (nSPS) is 13.0. The second-order valence-corrected chi connectivity index (χ2v) is 31.5. The summed E-state index contributed by atoms with van der Waals surface area (Å²) in [6, 6.07) is 101. The van der Waals surface area contributed by atoms with Crippen molar-refractivity contribution in [3.63, 3.8) is 0 Å². The molecule has 14 aromatic rings. The SMILES string of the molecule is CC(C)(C)c1cc(N2CN(c3cccc(Oc4ccc5c6cc([Si](c7ccccc7)(c7ccccc7)c7ccccc7)ccc6n(-c6cc(C(C)(C)C)ccn6)c5c4)c3)c3cccc(-c4cccc(-n5c6ccccc6c6ccccc65)c4)c32)cc(C(C)(C)C)c1. The van der Waals surface area contributed by atoms with Gasteiger partial charge in [-0.15, -0.1) is 0 Å². The minimum Gasteiger partial charge on any atom is -0.457 e. The molecule has 0 N–H and O–H groups in total. The summed E-state index contributed by atoms with van der Waals surface area (Å²) in [6.07, 6.45) is 1.96. The predicted octanol–water partition coefficient (Wildman–Crippen LogP) is 19.3. The van der Waals surface area contributed by atoms with E-state index >= 15 is 0 Å². The number of para-hydroxylation sites is 3. The monoisotopic (exact) mass is 1200 g/mol. The first-order valence-corrected chi connectivity index (χ1v) is 33.9. The molecule has 0 spiro atoms. The van der Waals surface area contributed by atoms with Gasteiger partial charge in [-0.3, -0.25) is 4.57 Å². The van der Waals surface area contributed by atoms with E-state index in [-0.39, 0.29) is 16.2 Å². The zero-order valence-electron chi connectivity index (χ0n) is 53.4. The molecule has 0 amide bonds. The Labute approximate surface area is 535 Å². The number of ether oxygens (including phenoxy) is 1. The van der Waals surface area contributed by atoms with Gasteiger partial charge in [-0.05, 0) is 144 Å². The van der Waals surface area contributed by atoms with Crippen LogP contribution in [0.25, 0.3) is 66.2 Å². The fourth-order valence-corrected chi connectivity index (χ4v) is 18.9. The first-order valence-electron chi connectivity index (χ1n) is 31.9. The lowest BCUT2D eigenvalue weighted by Crippen LogP contribution is -2.74. The minimum atomic E-state index is -2.86. The van der Waals surface area contributed by atoms with Crippen LogP contribution in [0, 0.1) is 0 Å². The number of hydrogen-bond donors (Lipinski definition) is 0. The summed E-state index contributed by atoms with van der Waals surface area (Å²) in [7, 11) is -2.86. The second-order valence-electron chi connectivity index (χ2n) is 27.7. The van der Waals surface area contributed by atoms with Gasteiger partial charge in [0.15, 0.2) is 8.07 Å². The highest BCUT2D eigenvalue weighted by Crippen LogP contribution is 2.51. The largest absolute Gasteiger partial charge is 0.457 e. The molecule has 446 valence electrons. The van der Waals surface area contributed by atoms with Crippen LogP contribution in [0.5, 0.6) is 11.5 Å². The zero-order chi connectivity index (χ0) is 62.4. The molecular formula is C84H75N5OSi. The van der Waals surface area contributed by atoms with Gasteiger partial charge in [0.2, 0.25) is 0 Å². The van der Waals surface area contributed by atoms with Gasteiger partial charge in [-0.2, -0.15) is 0 Å². The van der Waals surface area contributed by atoms with Crippen molar-refractivity contribution >= 4 is 95.2 Å². The van der Waals surface area contributed by atoms with Crippen LogP contribution in [-0.2, 0) is 16.2 Å². The smallest absolute Gasteiger partial charge is 0.179 e. The van der Waals surface area contributed by atoms with Crippen LogP contribution < -0.4 is 35.3 Å². The standard InChI is InChI=1S/C84H75N5OSi/c1-82(2,3)58-46-47-85-80(52-58)89-77-45-43-69(91(66-30-13-10-14-31-66,67-32-15-11-16-33-67)68-34-17-12-18-35-68)55-74(77)73-44-42-65(54-79(73)89)90-64-29-24-27-61(53-64)86-56-87(63-50-59(83(4,5)6)49-60(51-63)84(7,8)9)81-70(38-25-41-78(81)86)57-26-23-28-62(48-57)88-75-39-21-19-36-71(75)72-37-20-22-40-76(72)88/h10-55H,56H2,1-9H3. The van der Waals surface area contributed by atoms with Crippen molar-refractivity contribution in [3.8, 4) is 34.1 Å². The molecule has 0 saturated heterocycles. The molecule has 1 aliphatic rings. The van der Waals surface area contributed by atoms with Gasteiger partial charge in [0.1, 0.15) is 24.0 Å². The third kappa shape index (κ3) is 9.99. The van der Waals surface area contributed by atoms with E-state index in [2.05, 4.69) is 354 Å². The molecule has 3 aromatic heterocycles. The molecule has 7 heteroatoms. The fourth-order valence-electron chi connectivity index (χ4n) is 14.1. The highest BCUT2D eigenvalue weighted by molar-refractivity contribution is 7.20. The molecule has 0 unspecified atom stereocenters. The number of pyridine rings is 1. The van der Waals surface area contributed by atoms with E-state index in [1.54, 1.807) is 0 Å². The Hall–Kier alpha value is -10.2. The van der Waals surface area contributed by atoms with E-state index in [1.165, 1.54) is 81.6 Å². The van der Waals surface area contributed by atoms with Gasteiger partial charge in [-0.25, -0.2) is 4.98 Å². The average Bonchev–Trinajstić information content (AvgIpc) is 1.74. The lowest BCUT2D eigenvalue weighted by molar-refractivity contribution is 0.483. The fraction of sp³-hybridized carbons (Fsp3) is 0.155. The summed E-state index contributed by atoms with van der Waals surface area (Å²) in [5, 5.41) is 10.1. The second kappa shape index (κ2) is 22.1. The zero-order valence-corrected chi connectivity index (χ0v) is 54.4. The number of nitrogens with zero attached hydrogens (tertiary/aromatic N) is 5. The summed E-state index contributed by atoms with van der Waals surface area (Å²) < 4.78 is 11.9. The molecule has 91 heavy (non-hydrogen) atoms. The van der Waals surface area contributed by atoms with E-state index in [0.717, 1.165) is 56.4 Å². The summed E-state index contributed by atoms with van der Waals surface area (Å²) in [5.41, 5.74) is 16.0. The maximum atomic E-state index is 7.14. The number of aromatic nitrogens is 3. The number of anilines is 4. The molecule has 1 aliphatic heterocycles. The van der Waals surface area contributed by atoms with Crippen LogP contribution in [0.1, 0.15) is 79.0 Å². The van der Waals surface area contributed by atoms with Crippen molar-refractivity contribution < 1.29 is 4.74 Å². The third-order valence-corrected chi connectivity index (χ3v) is 23.6. The summed E-state index contributed by atoms with van der Waals surface area (Å²) in [6.45, 7) is 21.3. The van der Waals surface area contributed by atoms with Crippen molar-refractivity contribution in [2.45, 2.75) is 78.6 Å². The predicted molar refractivity (Wildman–Crippen MR) is 387 cm³/mol. The van der Waals surface area contributed by atoms with Gasteiger partial charge in [0.05, 0.1) is 33.4 Å². The maximum Gasteiger partial charge on any atom is 0.179 e. The number of rotatable bonds is 11. The van der Waals surface area contributed by atoms with Gasteiger partial charge in [0.25, 0.3) is 0 Å². The number of hydrogen-bond acceptors (Lipinski definition) is 4. The number of fused-ring (bicyclic) bond motifs is 7. The molecule has 0 saturated carbocycles. The maximum absolute atomic E-state index is 7.14. The third-order valence-electron chi connectivity index (χ3n) is 18.8. The highest BCUT2D eigenvalue weighted by atomic mass is 28.3. The van der Waals surface area contributed by atoms with E-state index in [4.69, 9.17) is 9.72 Å². The summed E-state index contributed by atoms with van der Waals surface area (Å²) >= 11 is 0. The Morgan fingerprint density at radius 1 is 0.352 bits per heavy atom. The van der Waals surface area contributed by atoms with Crippen LogP contribution in [0.2, 0.25) is 0 Å². The topological polar surface area (TPSA) is 38.5 Å². The average molecular weight is 1200 g/mol. The van der Waals surface area contributed by atoms with Gasteiger partial charge >= 0.3 is 0 Å². The molecule has 6 nitrogen and oxygen atoms in total. The Bertz CT molecular complexity index is 4900. The Balaban J connectivity index is 0.864. The molecule has 0 aliphatic carbocycles. The molecule has 4 heterocycles. The van der Waals surface area contributed by atoms with Crippen LogP contribution in [0.3, 0.4) is 0 Å². The molecular weight excluding hydrogens is 1120 g/mol. The lowest BCUT2D eigenvalue weighted by Gasteiger charge is -2.34. The number of benzene rings is 11. The van der Waals surface area contributed by atoms with Crippen molar-refractivity contribution in [3.05, 3.63) is 296 Å². The van der Waals surface area contributed by atoms with Crippen molar-refractivity contribution in [2.24, 2.45) is 0 Å². The quantitative estimate of drug-likeness (QED) is 0.0956. The van der Waals surface area contributed by atoms with Gasteiger partial charge in [-0.1, -0.05) is 238 Å². The Morgan fingerprint density at radius 3 is 1.53 bits per heavy atom. The summed E-state index contributed by atoms with van der Waals surface area (Å²) in [5.74, 6) is 2.36. The summed E-state index contributed by atoms with van der Waals surface area (Å²) in [4.78, 5) is 10.1. The van der Waals surface area contributed by atoms with Crippen LogP contribution in [-0.4, -0.2) is 28.9 Å². The van der Waals surface area contributed by atoms with Crippen LogP contribution in [0.4, 0.5) is 22.7 Å². The van der Waals surface area contributed by atoms with Crippen molar-refractivity contribution in [1.82, 2.24) is 14.1 Å². The van der Waals surface area contributed by atoms with Crippen LogP contribution in [0.15, 0.2) is 279 Å². The molecule has 0 atom stereocenters. The van der Waals surface area contributed by atoms with E-state index in [0.29, 0.717) is 6.67 Å². The lowest BCUT2D eigenvalue weighted by atomic mass is 9.80. The molecule has 11 aromatic carbocycles. The van der Waals surface area contributed by atoms with Crippen molar-refractivity contribution in [2.75, 3.05) is 16.5 Å². The molecule has 0 radical (unpaired) electrons. The molecule has 15 rings (SSSR count). The van der Waals surface area contributed by atoms with E-state index in [9.17, 15) is 0 Å². The molecule has 0 fully saturated rings. The van der Waals surface area contributed by atoms with E-state index < -0.39 is 8.07 Å². The minimum absolute atomic E-state index is 0.0755. The Kier molecular flexibility index (Phi) is 13.9. The first kappa shape index (κ1) is 57.2. The molecule has 0 bridgehead atoms. The van der Waals surface area contributed by atoms with Crippen LogP contribution >= 0.6 is 0 Å². The van der Waals surface area contributed by atoms with E-state index in [1.807, 2.05) is 6.20 Å². The first-order chi connectivity index (χ1) is 44.0. The van der Waals surface area contributed by atoms with Gasteiger partial charge in [0, 0.05) is 62.5 Å².